The number of benzene rings is 16. The van der Waals surface area contributed by atoms with Gasteiger partial charge in [0, 0.05) is 37.9 Å². The molecule has 0 saturated heterocycles. The topological polar surface area (TPSA) is 0 Å². The zero-order valence-electron chi connectivity index (χ0n) is 78.3. The van der Waals surface area contributed by atoms with Gasteiger partial charge >= 0.3 is 0 Å². The molecule has 0 aromatic heterocycles. The quantitative estimate of drug-likeness (QED) is 0.0708. The molecule has 128 heavy (non-hydrogen) atoms. The van der Waals surface area contributed by atoms with Crippen molar-refractivity contribution in [3.05, 3.63) is 368 Å². The minimum absolute atomic E-state index is 0.0486. The van der Waals surface area contributed by atoms with Gasteiger partial charge in [0.25, 0.3) is 0 Å². The summed E-state index contributed by atoms with van der Waals surface area (Å²) in [6.45, 7) is 38.9. The van der Waals surface area contributed by atoms with Crippen LogP contribution in [0.25, 0.3) is 166 Å². The predicted octanol–water partition coefficient (Wildman–Crippen LogP) is 35.8. The lowest BCUT2D eigenvalue weighted by Crippen LogP contribution is -2.26. The van der Waals surface area contributed by atoms with E-state index >= 15 is 0 Å². The third kappa shape index (κ3) is 11.7. The van der Waals surface area contributed by atoms with Crippen LogP contribution in [0.15, 0.2) is 279 Å². The first kappa shape index (κ1) is 80.6. The lowest BCUT2D eigenvalue weighted by atomic mass is 9.69. The van der Waals surface area contributed by atoms with E-state index in [9.17, 15) is 0 Å². The predicted molar refractivity (Wildman–Crippen MR) is 547 cm³/mol. The van der Waals surface area contributed by atoms with E-state index in [0.717, 1.165) is 12.8 Å². The summed E-state index contributed by atoms with van der Waals surface area (Å²) in [6.07, 6.45) is 16.3. The molecule has 0 heteroatoms. The van der Waals surface area contributed by atoms with Gasteiger partial charge in [-0.25, -0.2) is 0 Å². The normalized spacial score (nSPS) is 16.2. The van der Waals surface area contributed by atoms with Crippen molar-refractivity contribution in [2.45, 2.75) is 232 Å². The van der Waals surface area contributed by atoms with Crippen LogP contribution in [0.1, 0.15) is 269 Å². The lowest BCUT2D eigenvalue weighted by Gasteiger charge is -2.34. The van der Waals surface area contributed by atoms with Crippen LogP contribution in [0.2, 0.25) is 0 Å². The second kappa shape index (κ2) is 29.0. The van der Waals surface area contributed by atoms with Crippen molar-refractivity contribution in [2.24, 2.45) is 0 Å². The van der Waals surface area contributed by atoms with Gasteiger partial charge in [0.05, 0.1) is 0 Å². The molecule has 0 N–H and O–H groups in total. The summed E-state index contributed by atoms with van der Waals surface area (Å²) in [6, 6.07) is 112. The van der Waals surface area contributed by atoms with E-state index in [1.807, 2.05) is 0 Å². The van der Waals surface area contributed by atoms with Gasteiger partial charge in [-0.15, -0.1) is 0 Å². The molecule has 0 saturated carbocycles. The zero-order valence-corrected chi connectivity index (χ0v) is 78.3. The Morgan fingerprint density at radius 3 is 0.758 bits per heavy atom. The maximum atomic E-state index is 2.81. The Kier molecular flexibility index (Phi) is 18.3. The van der Waals surface area contributed by atoms with Gasteiger partial charge in [0.2, 0.25) is 0 Å². The fourth-order valence-corrected chi connectivity index (χ4v) is 26.3. The van der Waals surface area contributed by atoms with E-state index in [4.69, 9.17) is 0 Å². The van der Waals surface area contributed by atoms with E-state index in [1.54, 1.807) is 11.1 Å². The molecule has 7 aliphatic carbocycles. The molecule has 0 amide bonds. The highest BCUT2D eigenvalue weighted by Crippen LogP contribution is 2.65. The first-order chi connectivity index (χ1) is 61.7. The summed E-state index contributed by atoms with van der Waals surface area (Å²) in [7, 11) is 0. The van der Waals surface area contributed by atoms with Crippen LogP contribution in [0.3, 0.4) is 0 Å². The Morgan fingerprint density at radius 1 is 0.172 bits per heavy atom. The number of rotatable bonds is 19. The zero-order chi connectivity index (χ0) is 87.8. The maximum absolute atomic E-state index is 2.81. The number of unbranched alkanes of at least 4 members (excludes halogenated alkanes) is 9. The summed E-state index contributed by atoms with van der Waals surface area (Å²) in [5.74, 6) is 0. The minimum Gasteiger partial charge on any atom is -0.0654 e. The molecule has 23 rings (SSSR count). The molecule has 0 unspecified atom stereocenters. The lowest BCUT2D eigenvalue weighted by molar-refractivity contribution is 0.398. The Balaban J connectivity index is 0.581. The first-order valence-corrected chi connectivity index (χ1v) is 48.5. The molecular weight excluding hydrogens is 1540 g/mol. The number of hydrogen-bond acceptors (Lipinski definition) is 0. The van der Waals surface area contributed by atoms with Crippen molar-refractivity contribution in [1.29, 1.82) is 0 Å². The fraction of sp³-hybridized carbons (Fsp3) is 0.281. The largest absolute Gasteiger partial charge is 0.0654 e. The molecule has 0 radical (unpaired) electrons. The van der Waals surface area contributed by atoms with Crippen LogP contribution in [0.5, 0.6) is 0 Å². The Bertz CT molecular complexity index is 7020. The molecule has 0 atom stereocenters. The van der Waals surface area contributed by atoms with Crippen LogP contribution < -0.4 is 0 Å². The summed E-state index contributed by atoms with van der Waals surface area (Å²) in [5, 5.41) is 5.38. The SMILES string of the molecule is CCCCCCCCC1(CCCCCCC)c2cc3c(cc2-c2cc4c(cc21)-c1c(cc(-c2ccc(-c5ccc6c(c5)C(C)(C)c5cc(-c7ccc8c(c7)C(C)(C)c7ccccc7-8)ccc5-6)c(C)c2)c2ccccc12)C4(C)C)C(C)(C)c1cc(-c2ccc(-c4ccc5c(c4)C(C)(C)c4cc(-c6ccc7c(c6)C(C)(C)c6ccccc6-7)ccc4-5)c(C)c2)c2ccccc2c1-3. The standard InChI is InChI=1S/C128H120/c1-17-19-21-23-25-35-61-128(60-34-24-22-20-18-2)116-74-104-114(126(13,14)118-70-100(88-36-26-28-40-98(88)120(104)118)82-48-52-86(76(3)62-82)84-50-58-96-94-56-46-80(66-110(94)124(9,10)112(96)68-84)78-44-54-92-90-38-30-32-42-106(90)122(5,6)108(92)64-78)72-102(116)103-73-115-105(75-117(103)128)121-99-41-29-27-37-89(99)101(71-119(121)127(115,15)16)83-49-53-87(77(4)63-83)85-51-59-97-95-57-47-81(67-111(95)125(11,12)113(97)69-85)79-45-55-93-91-39-31-33-43-107(91)123(7,8)109(93)65-79/h26-33,36-59,62-75H,17-25,34-35,60-61H2,1-16H3. The summed E-state index contributed by atoms with van der Waals surface area (Å²) < 4.78 is 0. The molecule has 0 spiro atoms. The van der Waals surface area contributed by atoms with Gasteiger partial charge in [-0.05, 0) is 355 Å². The van der Waals surface area contributed by atoms with Crippen LogP contribution in [0, 0.1) is 13.8 Å². The van der Waals surface area contributed by atoms with Crippen molar-refractivity contribution in [3.63, 3.8) is 0 Å². The van der Waals surface area contributed by atoms with Gasteiger partial charge < -0.3 is 0 Å². The smallest absolute Gasteiger partial charge is 0.0215 e. The average Bonchev–Trinajstić information content (AvgIpc) is 1.51. The highest BCUT2D eigenvalue weighted by atomic mass is 14.5. The molecule has 0 heterocycles. The molecule has 632 valence electrons. The van der Waals surface area contributed by atoms with E-state index in [0.29, 0.717) is 0 Å². The van der Waals surface area contributed by atoms with E-state index in [2.05, 4.69) is 390 Å². The third-order valence-corrected chi connectivity index (χ3v) is 33.5. The van der Waals surface area contributed by atoms with Crippen LogP contribution >= 0.6 is 0 Å². The molecule has 0 bridgehead atoms. The second-order valence-corrected chi connectivity index (χ2v) is 42.9. The first-order valence-electron chi connectivity index (χ1n) is 48.5. The van der Waals surface area contributed by atoms with Gasteiger partial charge in [0.1, 0.15) is 0 Å². The monoisotopic (exact) mass is 1660 g/mol. The summed E-state index contributed by atoms with van der Waals surface area (Å²) >= 11 is 0. The number of aryl methyl sites for hydroxylation is 2. The van der Waals surface area contributed by atoms with Crippen LogP contribution in [-0.2, 0) is 37.9 Å². The van der Waals surface area contributed by atoms with Gasteiger partial charge in [-0.2, -0.15) is 0 Å². The molecule has 7 aliphatic rings. The van der Waals surface area contributed by atoms with E-state index in [-0.39, 0.29) is 37.9 Å². The summed E-state index contributed by atoms with van der Waals surface area (Å²) in [5.41, 5.74) is 56.8. The van der Waals surface area contributed by atoms with Crippen LogP contribution in [0.4, 0.5) is 0 Å². The van der Waals surface area contributed by atoms with Crippen molar-refractivity contribution in [3.8, 4) is 145 Å². The van der Waals surface area contributed by atoms with Gasteiger partial charge in [0.15, 0.2) is 0 Å². The van der Waals surface area contributed by atoms with Gasteiger partial charge in [-0.1, -0.05) is 374 Å². The molecule has 0 nitrogen and oxygen atoms in total. The molecule has 0 aliphatic heterocycles. The van der Waals surface area contributed by atoms with Crippen molar-refractivity contribution < 1.29 is 0 Å². The molecule has 0 fully saturated rings. The van der Waals surface area contributed by atoms with Crippen molar-refractivity contribution in [1.82, 2.24) is 0 Å². The molecule has 16 aromatic rings. The average molecular weight is 1660 g/mol. The second-order valence-electron chi connectivity index (χ2n) is 42.9. The molecule has 16 aromatic carbocycles. The number of fused-ring (bicyclic) bond motifs is 25. The highest BCUT2D eigenvalue weighted by molar-refractivity contribution is 6.12. The third-order valence-electron chi connectivity index (χ3n) is 33.5. The Hall–Kier alpha value is -12.0. The van der Waals surface area contributed by atoms with Gasteiger partial charge in [-0.3, -0.25) is 0 Å². The van der Waals surface area contributed by atoms with Crippen LogP contribution in [-0.4, -0.2) is 0 Å². The van der Waals surface area contributed by atoms with Crippen molar-refractivity contribution >= 4 is 21.5 Å². The number of hydrogen-bond donors (Lipinski definition) is 0. The maximum Gasteiger partial charge on any atom is 0.0215 e. The van der Waals surface area contributed by atoms with E-state index < -0.39 is 0 Å². The van der Waals surface area contributed by atoms with Crippen molar-refractivity contribution in [2.75, 3.05) is 0 Å². The fourth-order valence-electron chi connectivity index (χ4n) is 26.3. The Labute approximate surface area is 761 Å². The summed E-state index contributed by atoms with van der Waals surface area (Å²) in [4.78, 5) is 0. The minimum atomic E-state index is -0.275. The highest BCUT2D eigenvalue weighted by Gasteiger charge is 2.50. The van der Waals surface area contributed by atoms with E-state index in [1.165, 1.54) is 315 Å². The Morgan fingerprint density at radius 2 is 0.414 bits per heavy atom. The molecular formula is C128H120.